The molecule has 2 heterocycles. The molecule has 1 saturated heterocycles. The van der Waals surface area contributed by atoms with Crippen LogP contribution in [-0.2, 0) is 11.3 Å². The number of rotatable bonds is 2. The summed E-state index contributed by atoms with van der Waals surface area (Å²) < 4.78 is 5.79. The van der Waals surface area contributed by atoms with Crippen molar-refractivity contribution >= 4 is 10.9 Å². The number of nitrogens with zero attached hydrogens (tertiary/aromatic N) is 1. The van der Waals surface area contributed by atoms with Gasteiger partial charge < -0.3 is 9.72 Å². The molecule has 0 spiro atoms. The molecule has 0 bridgehead atoms. The van der Waals surface area contributed by atoms with Crippen molar-refractivity contribution in [3.8, 4) is 0 Å². The van der Waals surface area contributed by atoms with E-state index < -0.39 is 0 Å². The molecule has 1 aromatic carbocycles. The van der Waals surface area contributed by atoms with E-state index in [4.69, 9.17) is 4.74 Å². The first-order valence-electron chi connectivity index (χ1n) is 8.35. The third-order valence-corrected chi connectivity index (χ3v) is 4.63. The van der Waals surface area contributed by atoms with Crippen molar-refractivity contribution in [1.82, 2.24) is 9.88 Å². The summed E-state index contributed by atoms with van der Waals surface area (Å²) in [6.07, 6.45) is 0.422. The summed E-state index contributed by atoms with van der Waals surface area (Å²) in [6.45, 7) is 12.7. The fourth-order valence-corrected chi connectivity index (χ4v) is 3.79. The summed E-state index contributed by atoms with van der Waals surface area (Å²) in [4.78, 5) is 18.8. The summed E-state index contributed by atoms with van der Waals surface area (Å²) >= 11 is 0. The highest BCUT2D eigenvalue weighted by atomic mass is 16.5. The molecule has 1 N–H and O–H groups in total. The van der Waals surface area contributed by atoms with Gasteiger partial charge in [0.15, 0.2) is 5.43 Å². The predicted molar refractivity (Wildman–Crippen MR) is 94.1 cm³/mol. The summed E-state index contributed by atoms with van der Waals surface area (Å²) in [7, 11) is 0. The summed E-state index contributed by atoms with van der Waals surface area (Å²) in [5.74, 6) is 0. The van der Waals surface area contributed by atoms with Crippen LogP contribution in [0.2, 0.25) is 0 Å². The average Bonchev–Trinajstić information content (AvgIpc) is 2.41. The van der Waals surface area contributed by atoms with Crippen LogP contribution in [0.5, 0.6) is 0 Å². The maximum absolute atomic E-state index is 13.0. The van der Waals surface area contributed by atoms with Crippen LogP contribution in [0.4, 0.5) is 0 Å². The number of ether oxygens (including phenoxy) is 1. The lowest BCUT2D eigenvalue weighted by Crippen LogP contribution is -2.45. The Hall–Kier alpha value is -1.65. The first kappa shape index (κ1) is 16.2. The SMILES string of the molecule is Cc1cc(C)c2c(=O)c(CN3CC(C)OC(C)C3)c(C)[nH]c2c1. The first-order valence-corrected chi connectivity index (χ1v) is 8.35. The van der Waals surface area contributed by atoms with Gasteiger partial charge in [-0.25, -0.2) is 0 Å². The van der Waals surface area contributed by atoms with Crippen LogP contribution in [0.1, 0.15) is 36.2 Å². The van der Waals surface area contributed by atoms with E-state index in [9.17, 15) is 4.79 Å². The zero-order chi connectivity index (χ0) is 16.7. The minimum atomic E-state index is 0.167. The molecule has 2 aromatic rings. The largest absolute Gasteiger partial charge is 0.373 e. The summed E-state index contributed by atoms with van der Waals surface area (Å²) in [6, 6.07) is 4.13. The molecule has 1 aromatic heterocycles. The summed E-state index contributed by atoms with van der Waals surface area (Å²) in [5, 5.41) is 0.825. The number of aromatic amines is 1. The molecule has 124 valence electrons. The lowest BCUT2D eigenvalue weighted by molar-refractivity contribution is -0.0706. The Morgan fingerprint density at radius 1 is 1.17 bits per heavy atom. The fraction of sp³-hybridized carbons (Fsp3) is 0.526. The highest BCUT2D eigenvalue weighted by Gasteiger charge is 2.24. The van der Waals surface area contributed by atoms with Crippen molar-refractivity contribution in [1.29, 1.82) is 0 Å². The minimum Gasteiger partial charge on any atom is -0.373 e. The molecular weight excluding hydrogens is 288 g/mol. The van der Waals surface area contributed by atoms with Crippen LogP contribution >= 0.6 is 0 Å². The fourth-order valence-electron chi connectivity index (χ4n) is 3.79. The van der Waals surface area contributed by atoms with E-state index >= 15 is 0 Å². The van der Waals surface area contributed by atoms with E-state index in [0.29, 0.717) is 6.54 Å². The Balaban J connectivity index is 2.03. The van der Waals surface area contributed by atoms with Crippen LogP contribution in [0.15, 0.2) is 16.9 Å². The topological polar surface area (TPSA) is 45.3 Å². The van der Waals surface area contributed by atoms with Crippen LogP contribution in [0, 0.1) is 20.8 Å². The van der Waals surface area contributed by atoms with Crippen molar-refractivity contribution in [3.63, 3.8) is 0 Å². The Morgan fingerprint density at radius 2 is 1.83 bits per heavy atom. The number of aromatic nitrogens is 1. The Morgan fingerprint density at radius 3 is 2.48 bits per heavy atom. The van der Waals surface area contributed by atoms with Gasteiger partial charge in [-0.3, -0.25) is 9.69 Å². The van der Waals surface area contributed by atoms with Crippen molar-refractivity contribution < 1.29 is 4.74 Å². The smallest absolute Gasteiger partial charge is 0.194 e. The Bertz CT molecular complexity index is 784. The molecule has 1 aliphatic rings. The molecule has 0 radical (unpaired) electrons. The zero-order valence-corrected chi connectivity index (χ0v) is 14.7. The number of benzene rings is 1. The van der Waals surface area contributed by atoms with Gasteiger partial charge in [0.05, 0.1) is 17.7 Å². The number of pyridine rings is 1. The number of nitrogens with one attached hydrogen (secondary N) is 1. The van der Waals surface area contributed by atoms with Gasteiger partial charge in [-0.1, -0.05) is 6.07 Å². The van der Waals surface area contributed by atoms with Crippen molar-refractivity contribution in [2.45, 2.75) is 53.4 Å². The predicted octanol–water partition coefficient (Wildman–Crippen LogP) is 3.06. The number of H-pyrrole nitrogens is 1. The van der Waals surface area contributed by atoms with Crippen LogP contribution in [0.25, 0.3) is 10.9 Å². The molecule has 2 atom stereocenters. The van der Waals surface area contributed by atoms with Gasteiger partial charge in [0.1, 0.15) is 0 Å². The molecule has 1 fully saturated rings. The number of aryl methyl sites for hydroxylation is 3. The van der Waals surface area contributed by atoms with Gasteiger partial charge >= 0.3 is 0 Å². The Labute approximate surface area is 137 Å². The second-order valence-corrected chi connectivity index (χ2v) is 7.01. The van der Waals surface area contributed by atoms with E-state index in [1.807, 2.05) is 13.8 Å². The molecule has 2 unspecified atom stereocenters. The standard InChI is InChI=1S/C19H26N2O2/c1-11-6-12(2)18-17(7-11)20-15(5)16(19(18)22)10-21-8-13(3)23-14(4)9-21/h6-7,13-14H,8-10H2,1-5H3,(H,20,22). The maximum atomic E-state index is 13.0. The Kier molecular flexibility index (Phi) is 4.30. The van der Waals surface area contributed by atoms with Crippen molar-refractivity contribution in [3.05, 3.63) is 44.7 Å². The molecule has 3 rings (SSSR count). The normalized spacial score (nSPS) is 22.7. The monoisotopic (exact) mass is 314 g/mol. The second-order valence-electron chi connectivity index (χ2n) is 7.01. The van der Waals surface area contributed by atoms with Gasteiger partial charge in [-0.05, 0) is 51.8 Å². The maximum Gasteiger partial charge on any atom is 0.194 e. The second kappa shape index (κ2) is 6.10. The molecule has 0 amide bonds. The molecule has 0 aliphatic carbocycles. The van der Waals surface area contributed by atoms with Gasteiger partial charge in [-0.15, -0.1) is 0 Å². The third-order valence-electron chi connectivity index (χ3n) is 4.63. The van der Waals surface area contributed by atoms with E-state index in [0.717, 1.165) is 40.8 Å². The zero-order valence-electron chi connectivity index (χ0n) is 14.7. The molecule has 4 heteroatoms. The average molecular weight is 314 g/mol. The minimum absolute atomic E-state index is 0.167. The van der Waals surface area contributed by atoms with Gasteiger partial charge in [0, 0.05) is 36.3 Å². The third kappa shape index (κ3) is 3.19. The number of hydrogen-bond donors (Lipinski definition) is 1. The van der Waals surface area contributed by atoms with Gasteiger partial charge in [0.2, 0.25) is 0 Å². The van der Waals surface area contributed by atoms with Gasteiger partial charge in [-0.2, -0.15) is 0 Å². The lowest BCUT2D eigenvalue weighted by atomic mass is 10.0. The summed E-state index contributed by atoms with van der Waals surface area (Å²) in [5.41, 5.74) is 5.18. The highest BCUT2D eigenvalue weighted by Crippen LogP contribution is 2.20. The highest BCUT2D eigenvalue weighted by molar-refractivity contribution is 5.83. The lowest BCUT2D eigenvalue weighted by Gasteiger charge is -2.35. The van der Waals surface area contributed by atoms with E-state index in [-0.39, 0.29) is 17.6 Å². The molecule has 23 heavy (non-hydrogen) atoms. The number of fused-ring (bicyclic) bond motifs is 1. The van der Waals surface area contributed by atoms with Gasteiger partial charge in [0.25, 0.3) is 0 Å². The van der Waals surface area contributed by atoms with Crippen LogP contribution in [0.3, 0.4) is 0 Å². The molecular formula is C19H26N2O2. The van der Waals surface area contributed by atoms with E-state index in [1.165, 1.54) is 5.56 Å². The first-order chi connectivity index (χ1) is 10.8. The van der Waals surface area contributed by atoms with Crippen molar-refractivity contribution in [2.75, 3.05) is 13.1 Å². The molecule has 0 saturated carbocycles. The quantitative estimate of drug-likeness (QED) is 0.926. The van der Waals surface area contributed by atoms with Crippen molar-refractivity contribution in [2.24, 2.45) is 0 Å². The van der Waals surface area contributed by atoms with Crippen LogP contribution < -0.4 is 5.43 Å². The number of morpholine rings is 1. The van der Waals surface area contributed by atoms with Crippen LogP contribution in [-0.4, -0.2) is 35.2 Å². The molecule has 4 nitrogen and oxygen atoms in total. The van der Waals surface area contributed by atoms with E-state index in [2.05, 4.69) is 42.8 Å². The molecule has 1 aliphatic heterocycles. The van der Waals surface area contributed by atoms with E-state index in [1.54, 1.807) is 0 Å². The number of hydrogen-bond acceptors (Lipinski definition) is 3.